The molecule has 1 saturated carbocycles. The molecule has 0 aromatic heterocycles. The van der Waals surface area contributed by atoms with Gasteiger partial charge in [-0.1, -0.05) is 57.0 Å². The summed E-state index contributed by atoms with van der Waals surface area (Å²) in [5.41, 5.74) is 10.8. The van der Waals surface area contributed by atoms with Crippen LogP contribution in [0, 0.1) is 0 Å². The number of carbonyl (C=O) groups excluding carboxylic acids is 2. The summed E-state index contributed by atoms with van der Waals surface area (Å²) in [4.78, 5) is 19.2. The third-order valence-corrected chi connectivity index (χ3v) is 2.70. The molecule has 1 fully saturated rings. The van der Waals surface area contributed by atoms with E-state index in [4.69, 9.17) is 10.5 Å². The van der Waals surface area contributed by atoms with Crippen LogP contribution in [0.15, 0.2) is 30.3 Å². The van der Waals surface area contributed by atoms with E-state index in [0.717, 1.165) is 5.56 Å². The van der Waals surface area contributed by atoms with E-state index in [-0.39, 0.29) is 12.2 Å². The van der Waals surface area contributed by atoms with Gasteiger partial charge in [-0.05, 0) is 25.3 Å². The van der Waals surface area contributed by atoms with Crippen molar-refractivity contribution >= 4 is 12.2 Å². The van der Waals surface area contributed by atoms with E-state index in [9.17, 15) is 4.79 Å². The van der Waals surface area contributed by atoms with E-state index in [2.05, 4.69) is 5.73 Å². The second-order valence-corrected chi connectivity index (χ2v) is 4.55. The first-order valence-corrected chi connectivity index (χ1v) is 7.54. The lowest BCUT2D eigenvalue weighted by Gasteiger charge is -1.93. The summed E-state index contributed by atoms with van der Waals surface area (Å²) in [5.74, 6) is 0.214. The molecule has 4 heteroatoms. The zero-order chi connectivity index (χ0) is 16.5. The van der Waals surface area contributed by atoms with Gasteiger partial charge in [0, 0.05) is 12.5 Å². The maximum Gasteiger partial charge on any atom is 0.204 e. The molecule has 1 aliphatic carbocycles. The lowest BCUT2D eigenvalue weighted by molar-refractivity contribution is -0.116. The van der Waals surface area contributed by atoms with E-state index in [1.54, 1.807) is 6.92 Å². The topological polar surface area (TPSA) is 86.2 Å². The minimum absolute atomic E-state index is 0.214. The van der Waals surface area contributed by atoms with E-state index < -0.39 is 0 Å². The molecule has 0 aliphatic heterocycles. The van der Waals surface area contributed by atoms with Crippen LogP contribution < -0.4 is 11.5 Å². The molecule has 0 radical (unpaired) electrons. The van der Waals surface area contributed by atoms with Gasteiger partial charge in [-0.15, -0.1) is 0 Å². The number of hydrogen-bond donors (Lipinski definition) is 2. The molecule has 0 unspecified atom stereocenters. The number of benzene rings is 1. The van der Waals surface area contributed by atoms with Crippen LogP contribution in [0.3, 0.4) is 0 Å². The van der Waals surface area contributed by atoms with Crippen LogP contribution in [0.1, 0.15) is 52.0 Å². The van der Waals surface area contributed by atoms with Gasteiger partial charge >= 0.3 is 0 Å². The summed E-state index contributed by atoms with van der Waals surface area (Å²) >= 11 is 0. The van der Waals surface area contributed by atoms with Gasteiger partial charge in [0.2, 0.25) is 6.41 Å². The minimum atomic E-state index is 0.214. The van der Waals surface area contributed by atoms with Crippen LogP contribution in [-0.2, 0) is 16.0 Å². The first kappa shape index (κ1) is 21.6. The van der Waals surface area contributed by atoms with Gasteiger partial charge in [0.25, 0.3) is 0 Å². The van der Waals surface area contributed by atoms with Crippen LogP contribution >= 0.6 is 0 Å². The third-order valence-electron chi connectivity index (χ3n) is 2.70. The quantitative estimate of drug-likeness (QED) is 0.822. The zero-order valence-electron chi connectivity index (χ0n) is 13.5. The Hall–Kier alpha value is -1.68. The molecule has 0 saturated heterocycles. The molecule has 2 rings (SSSR count). The number of carbonyl (C=O) groups is 2. The number of hydrogen-bond acceptors (Lipinski definition) is 3. The van der Waals surface area contributed by atoms with Crippen molar-refractivity contribution in [2.45, 2.75) is 58.9 Å². The number of ketones is 1. The highest BCUT2D eigenvalue weighted by Crippen LogP contribution is 2.14. The van der Waals surface area contributed by atoms with Crippen LogP contribution in [-0.4, -0.2) is 18.2 Å². The van der Waals surface area contributed by atoms with Crippen LogP contribution in [0.4, 0.5) is 0 Å². The third kappa shape index (κ3) is 16.3. The highest BCUT2D eigenvalue weighted by Gasteiger charge is 2.07. The van der Waals surface area contributed by atoms with Crippen molar-refractivity contribution in [1.29, 1.82) is 0 Å². The molecule has 4 nitrogen and oxygen atoms in total. The molecule has 0 spiro atoms. The second kappa shape index (κ2) is 16.4. The Morgan fingerprint density at radius 2 is 1.62 bits per heavy atom. The highest BCUT2D eigenvalue weighted by molar-refractivity contribution is 5.78. The number of primary amides is 1. The van der Waals surface area contributed by atoms with Gasteiger partial charge in [0.15, 0.2) is 0 Å². The highest BCUT2D eigenvalue weighted by atomic mass is 16.1. The van der Waals surface area contributed by atoms with Crippen LogP contribution in [0.5, 0.6) is 0 Å². The first-order valence-electron chi connectivity index (χ1n) is 7.54. The monoisotopic (exact) mass is 294 g/mol. The molecule has 1 aromatic rings. The van der Waals surface area contributed by atoms with Gasteiger partial charge < -0.3 is 11.5 Å². The Morgan fingerprint density at radius 3 is 1.90 bits per heavy atom. The van der Waals surface area contributed by atoms with Gasteiger partial charge in [0.05, 0.1) is 0 Å². The summed E-state index contributed by atoms with van der Waals surface area (Å²) in [6.45, 7) is 5.60. The molecule has 21 heavy (non-hydrogen) atoms. The second-order valence-electron chi connectivity index (χ2n) is 4.55. The summed E-state index contributed by atoms with van der Waals surface area (Å²) < 4.78 is 0. The van der Waals surface area contributed by atoms with Gasteiger partial charge in [-0.2, -0.15) is 0 Å². The fourth-order valence-electron chi connectivity index (χ4n) is 1.84. The Balaban J connectivity index is 0. The molecular formula is C17H30N2O2. The Bertz CT molecular complexity index is 347. The van der Waals surface area contributed by atoms with Gasteiger partial charge in [-0.3, -0.25) is 9.59 Å². The van der Waals surface area contributed by atoms with Gasteiger partial charge in [-0.25, -0.2) is 0 Å². The fourth-order valence-corrected chi connectivity index (χ4v) is 1.84. The molecule has 0 heterocycles. The summed E-state index contributed by atoms with van der Waals surface area (Å²) in [7, 11) is 0. The van der Waals surface area contributed by atoms with E-state index >= 15 is 0 Å². The van der Waals surface area contributed by atoms with Crippen molar-refractivity contribution in [2.24, 2.45) is 11.5 Å². The fraction of sp³-hybridized carbons (Fsp3) is 0.529. The average molecular weight is 294 g/mol. The predicted octanol–water partition coefficient (Wildman–Crippen LogP) is 2.83. The molecule has 1 amide bonds. The lowest BCUT2D eigenvalue weighted by Crippen LogP contribution is -2.13. The molecular weight excluding hydrogens is 264 g/mol. The van der Waals surface area contributed by atoms with Gasteiger partial charge in [0.1, 0.15) is 5.78 Å². The Labute approximate surface area is 128 Å². The number of Topliss-reactive ketones (excluding diaryl/α,β-unsaturated/α-hetero) is 1. The first-order chi connectivity index (χ1) is 10.1. The minimum Gasteiger partial charge on any atom is -0.372 e. The Morgan fingerprint density at radius 1 is 1.19 bits per heavy atom. The van der Waals surface area contributed by atoms with E-state index in [0.29, 0.717) is 12.5 Å². The van der Waals surface area contributed by atoms with Crippen LogP contribution in [0.2, 0.25) is 0 Å². The average Bonchev–Trinajstić information content (AvgIpc) is 2.94. The molecule has 1 aliphatic rings. The van der Waals surface area contributed by atoms with E-state index in [1.807, 2.05) is 44.2 Å². The molecule has 1 aromatic carbocycles. The molecule has 4 N–H and O–H groups in total. The zero-order valence-corrected chi connectivity index (χ0v) is 13.5. The summed E-state index contributed by atoms with van der Waals surface area (Å²) in [6.07, 6.45) is 6.06. The lowest BCUT2D eigenvalue weighted by atomic mass is 10.1. The predicted molar refractivity (Wildman–Crippen MR) is 88.9 cm³/mol. The van der Waals surface area contributed by atoms with Crippen molar-refractivity contribution in [2.75, 3.05) is 0 Å². The van der Waals surface area contributed by atoms with Crippen molar-refractivity contribution in [1.82, 2.24) is 0 Å². The van der Waals surface area contributed by atoms with Crippen molar-refractivity contribution in [3.8, 4) is 0 Å². The molecule has 0 bridgehead atoms. The summed E-state index contributed by atoms with van der Waals surface area (Å²) in [5, 5.41) is 0. The van der Waals surface area contributed by atoms with Crippen LogP contribution in [0.25, 0.3) is 0 Å². The number of nitrogens with two attached hydrogens (primary N) is 2. The van der Waals surface area contributed by atoms with Crippen molar-refractivity contribution in [3.05, 3.63) is 35.9 Å². The molecule has 120 valence electrons. The SMILES string of the molecule is CC.CC(=O)Cc1ccccc1.NC1CCCC1.NC=O. The summed E-state index contributed by atoms with van der Waals surface area (Å²) in [6, 6.07) is 10.3. The van der Waals surface area contributed by atoms with Crippen molar-refractivity contribution in [3.63, 3.8) is 0 Å². The molecule has 0 atom stereocenters. The number of rotatable bonds is 2. The van der Waals surface area contributed by atoms with E-state index in [1.165, 1.54) is 25.7 Å². The maximum absolute atomic E-state index is 10.6. The van der Waals surface area contributed by atoms with Crippen molar-refractivity contribution < 1.29 is 9.59 Å². The Kier molecular flexibility index (Phi) is 16.9. The number of amides is 1. The standard InChI is InChI=1S/C9H10O.C5H11N.C2H6.CH3NO/c1-8(10)7-9-5-3-2-4-6-9;6-5-3-1-2-4-5;1-2;2-1-3/h2-6H,7H2,1H3;5H,1-4,6H2;1-2H3;1H,(H2,2,3). The maximum atomic E-state index is 10.6. The normalized spacial score (nSPS) is 12.6. The largest absolute Gasteiger partial charge is 0.372 e. The smallest absolute Gasteiger partial charge is 0.204 e.